The SMILES string of the molecule is N#Cc1ccc([C@H](NC(C(N)=O)c2ccccc2)S(=O)(=O)c2ccc(Cl)cc2)cc1. The Hall–Kier alpha value is -3.18. The molecule has 8 heteroatoms. The summed E-state index contributed by atoms with van der Waals surface area (Å²) in [5.41, 5.74) is 6.87. The lowest BCUT2D eigenvalue weighted by Gasteiger charge is -2.25. The Bertz CT molecular complexity index is 1170. The van der Waals surface area contributed by atoms with Crippen molar-refractivity contribution in [3.63, 3.8) is 0 Å². The van der Waals surface area contributed by atoms with Gasteiger partial charge >= 0.3 is 0 Å². The lowest BCUT2D eigenvalue weighted by atomic mass is 10.1. The molecule has 0 fully saturated rings. The number of carbonyl (C=O) groups is 1. The molecule has 0 saturated carbocycles. The van der Waals surface area contributed by atoms with Crippen LogP contribution >= 0.6 is 11.6 Å². The van der Waals surface area contributed by atoms with Crippen molar-refractivity contribution in [2.75, 3.05) is 0 Å². The molecule has 0 aliphatic rings. The van der Waals surface area contributed by atoms with Crippen LogP contribution in [0.1, 0.15) is 28.1 Å². The molecule has 3 aromatic carbocycles. The lowest BCUT2D eigenvalue weighted by molar-refractivity contribution is -0.120. The Kier molecular flexibility index (Phi) is 6.53. The third-order valence-corrected chi connectivity index (χ3v) is 6.74. The number of hydrogen-bond acceptors (Lipinski definition) is 5. The molecular weight excluding hydrogens is 422 g/mol. The zero-order valence-electron chi connectivity index (χ0n) is 15.7. The van der Waals surface area contributed by atoms with E-state index in [0.29, 0.717) is 21.7 Å². The van der Waals surface area contributed by atoms with Crippen LogP contribution in [0.25, 0.3) is 0 Å². The van der Waals surface area contributed by atoms with E-state index >= 15 is 0 Å². The minimum atomic E-state index is -3.99. The van der Waals surface area contributed by atoms with Crippen LogP contribution in [0, 0.1) is 11.3 Å². The standard InChI is InChI=1S/C22H18ClN3O3S/c23-18-10-12-19(13-11-18)30(28,29)22(17-8-6-15(14-24)7-9-17)26-20(21(25)27)16-4-2-1-3-5-16/h1-13,20,22,26H,(H2,25,27)/t20?,22-/m1/s1. The van der Waals surface area contributed by atoms with Crippen LogP contribution in [-0.4, -0.2) is 14.3 Å². The van der Waals surface area contributed by atoms with Gasteiger partial charge < -0.3 is 5.73 Å². The first-order valence-electron chi connectivity index (χ1n) is 8.93. The van der Waals surface area contributed by atoms with Gasteiger partial charge in [-0.05, 0) is 47.5 Å². The molecule has 152 valence electrons. The minimum absolute atomic E-state index is 0.0324. The first-order valence-corrected chi connectivity index (χ1v) is 10.8. The molecule has 0 heterocycles. The zero-order valence-corrected chi connectivity index (χ0v) is 17.3. The summed E-state index contributed by atoms with van der Waals surface area (Å²) >= 11 is 5.90. The molecular formula is C22H18ClN3O3S. The Morgan fingerprint density at radius 3 is 2.07 bits per heavy atom. The predicted octanol–water partition coefficient (Wildman–Crippen LogP) is 3.50. The maximum atomic E-state index is 13.5. The Morgan fingerprint density at radius 2 is 1.53 bits per heavy atom. The summed E-state index contributed by atoms with van der Waals surface area (Å²) in [4.78, 5) is 12.2. The van der Waals surface area contributed by atoms with Gasteiger partial charge in [-0.25, -0.2) is 8.42 Å². The van der Waals surface area contributed by atoms with Crippen molar-refractivity contribution in [1.82, 2.24) is 5.32 Å². The molecule has 2 atom stereocenters. The molecule has 0 radical (unpaired) electrons. The smallest absolute Gasteiger partial charge is 0.239 e. The van der Waals surface area contributed by atoms with Crippen molar-refractivity contribution >= 4 is 27.3 Å². The highest BCUT2D eigenvalue weighted by Gasteiger charge is 2.33. The van der Waals surface area contributed by atoms with E-state index < -0.39 is 27.2 Å². The highest BCUT2D eigenvalue weighted by molar-refractivity contribution is 7.91. The normalized spacial score (nSPS) is 13.2. The van der Waals surface area contributed by atoms with Gasteiger partial charge in [-0.1, -0.05) is 54.1 Å². The van der Waals surface area contributed by atoms with Gasteiger partial charge in [0, 0.05) is 5.02 Å². The maximum Gasteiger partial charge on any atom is 0.239 e. The van der Waals surface area contributed by atoms with E-state index in [1.165, 1.54) is 48.5 Å². The number of amides is 1. The van der Waals surface area contributed by atoms with E-state index in [2.05, 4.69) is 5.32 Å². The fraction of sp³-hybridized carbons (Fsp3) is 0.0909. The van der Waals surface area contributed by atoms with Gasteiger partial charge in [-0.3, -0.25) is 10.1 Å². The van der Waals surface area contributed by atoms with Crippen LogP contribution in [0.15, 0.2) is 83.8 Å². The van der Waals surface area contributed by atoms with Crippen molar-refractivity contribution in [3.8, 4) is 6.07 Å². The molecule has 0 aromatic heterocycles. The number of nitrogens with one attached hydrogen (secondary N) is 1. The van der Waals surface area contributed by atoms with Gasteiger partial charge in [0.1, 0.15) is 11.4 Å². The minimum Gasteiger partial charge on any atom is -0.368 e. The quantitative estimate of drug-likeness (QED) is 0.584. The fourth-order valence-electron chi connectivity index (χ4n) is 3.00. The largest absolute Gasteiger partial charge is 0.368 e. The number of halogens is 1. The summed E-state index contributed by atoms with van der Waals surface area (Å²) in [6, 6.07) is 21.4. The van der Waals surface area contributed by atoms with Crippen molar-refractivity contribution in [1.29, 1.82) is 5.26 Å². The number of benzene rings is 3. The van der Waals surface area contributed by atoms with Crippen LogP contribution < -0.4 is 11.1 Å². The summed E-state index contributed by atoms with van der Waals surface area (Å²) in [7, 11) is -3.99. The second kappa shape index (κ2) is 9.09. The van der Waals surface area contributed by atoms with Crippen LogP contribution in [0.4, 0.5) is 0 Å². The summed E-state index contributed by atoms with van der Waals surface area (Å²) in [6.45, 7) is 0. The lowest BCUT2D eigenvalue weighted by Crippen LogP contribution is -2.39. The van der Waals surface area contributed by atoms with E-state index in [1.807, 2.05) is 6.07 Å². The first-order chi connectivity index (χ1) is 14.3. The highest BCUT2D eigenvalue weighted by Crippen LogP contribution is 2.30. The highest BCUT2D eigenvalue weighted by atomic mass is 35.5. The molecule has 1 unspecified atom stereocenters. The van der Waals surface area contributed by atoms with Crippen molar-refractivity contribution < 1.29 is 13.2 Å². The molecule has 0 saturated heterocycles. The van der Waals surface area contributed by atoms with Crippen molar-refractivity contribution in [2.24, 2.45) is 5.73 Å². The van der Waals surface area contributed by atoms with Gasteiger partial charge in [0.05, 0.1) is 16.5 Å². The number of nitrogens with two attached hydrogens (primary N) is 1. The molecule has 0 aliphatic carbocycles. The summed E-state index contributed by atoms with van der Waals surface area (Å²) < 4.78 is 26.9. The van der Waals surface area contributed by atoms with Gasteiger partial charge in [0.2, 0.25) is 5.91 Å². The average molecular weight is 440 g/mol. The molecule has 0 aliphatic heterocycles. The van der Waals surface area contributed by atoms with E-state index in [1.54, 1.807) is 30.3 Å². The van der Waals surface area contributed by atoms with E-state index in [9.17, 15) is 13.2 Å². The number of hydrogen-bond donors (Lipinski definition) is 2. The van der Waals surface area contributed by atoms with E-state index in [4.69, 9.17) is 22.6 Å². The van der Waals surface area contributed by atoms with Gasteiger partial charge in [0.25, 0.3) is 0 Å². The van der Waals surface area contributed by atoms with Gasteiger partial charge in [-0.2, -0.15) is 5.26 Å². The Balaban J connectivity index is 2.10. The number of rotatable bonds is 7. The number of nitriles is 1. The Morgan fingerprint density at radius 1 is 0.933 bits per heavy atom. The van der Waals surface area contributed by atoms with Crippen LogP contribution in [0.3, 0.4) is 0 Å². The summed E-state index contributed by atoms with van der Waals surface area (Å²) in [5, 5.41) is 11.1. The average Bonchev–Trinajstić information content (AvgIpc) is 2.75. The maximum absolute atomic E-state index is 13.5. The molecule has 0 spiro atoms. The third-order valence-electron chi connectivity index (χ3n) is 4.53. The van der Waals surface area contributed by atoms with E-state index in [-0.39, 0.29) is 4.90 Å². The third kappa shape index (κ3) is 4.69. The van der Waals surface area contributed by atoms with Crippen LogP contribution in [0.2, 0.25) is 5.02 Å². The summed E-state index contributed by atoms with van der Waals surface area (Å²) in [6.07, 6.45) is 0. The van der Waals surface area contributed by atoms with Crippen LogP contribution in [0.5, 0.6) is 0 Å². The van der Waals surface area contributed by atoms with Gasteiger partial charge in [-0.15, -0.1) is 0 Å². The molecule has 0 bridgehead atoms. The molecule has 30 heavy (non-hydrogen) atoms. The van der Waals surface area contributed by atoms with Crippen LogP contribution in [-0.2, 0) is 14.6 Å². The zero-order chi connectivity index (χ0) is 21.7. The number of carbonyl (C=O) groups excluding carboxylic acids is 1. The van der Waals surface area contributed by atoms with E-state index in [0.717, 1.165) is 0 Å². The second-order valence-corrected chi connectivity index (χ2v) is 8.99. The fourth-order valence-corrected chi connectivity index (χ4v) is 4.74. The predicted molar refractivity (Wildman–Crippen MR) is 114 cm³/mol. The van der Waals surface area contributed by atoms with Crippen molar-refractivity contribution in [2.45, 2.75) is 16.3 Å². The first kappa shape index (κ1) is 21.5. The monoisotopic (exact) mass is 439 g/mol. The molecule has 1 amide bonds. The number of sulfone groups is 1. The second-order valence-electron chi connectivity index (χ2n) is 6.53. The summed E-state index contributed by atoms with van der Waals surface area (Å²) in [5.74, 6) is -0.717. The molecule has 6 nitrogen and oxygen atoms in total. The number of nitrogens with zero attached hydrogens (tertiary/aromatic N) is 1. The van der Waals surface area contributed by atoms with Gasteiger partial charge in [0.15, 0.2) is 9.84 Å². The Labute approximate surface area is 179 Å². The molecule has 3 N–H and O–H groups in total. The topological polar surface area (TPSA) is 113 Å². The van der Waals surface area contributed by atoms with Crippen molar-refractivity contribution in [3.05, 3.63) is 101 Å². The molecule has 3 aromatic rings. The molecule has 3 rings (SSSR count). The number of primary amides is 1.